The Labute approximate surface area is 156 Å². The molecule has 0 aromatic heterocycles. The van der Waals surface area contributed by atoms with Gasteiger partial charge in [-0.1, -0.05) is 48.5 Å². The van der Waals surface area contributed by atoms with E-state index in [0.29, 0.717) is 13.1 Å². The van der Waals surface area contributed by atoms with Gasteiger partial charge in [0.1, 0.15) is 0 Å². The lowest BCUT2D eigenvalue weighted by Gasteiger charge is -2.21. The van der Waals surface area contributed by atoms with Gasteiger partial charge in [-0.05, 0) is 49.9 Å². The van der Waals surface area contributed by atoms with Gasteiger partial charge in [-0.2, -0.15) is 0 Å². The zero-order valence-corrected chi connectivity index (χ0v) is 16.0. The lowest BCUT2D eigenvalue weighted by atomic mass is 9.98. The molecule has 0 heterocycles. The molecule has 0 aliphatic rings. The van der Waals surface area contributed by atoms with Crippen molar-refractivity contribution in [3.8, 4) is 0 Å². The summed E-state index contributed by atoms with van der Waals surface area (Å²) >= 11 is 0. The first-order valence-electron chi connectivity index (χ1n) is 9.00. The van der Waals surface area contributed by atoms with Crippen molar-refractivity contribution in [2.75, 3.05) is 13.1 Å². The SMILES string of the molecule is CC(=O)C(NCCNC(C(C)=O)c1ccccc1C)c1ccccc1C. The van der Waals surface area contributed by atoms with Crippen molar-refractivity contribution >= 4 is 11.6 Å². The average Bonchev–Trinajstić information content (AvgIpc) is 2.59. The number of nitrogens with one attached hydrogen (secondary N) is 2. The predicted octanol–water partition coefficient (Wildman–Crippen LogP) is 3.44. The van der Waals surface area contributed by atoms with Crippen LogP contribution in [0.1, 0.15) is 48.2 Å². The molecule has 138 valence electrons. The fraction of sp³-hybridized carbons (Fsp3) is 0.364. The van der Waals surface area contributed by atoms with Crippen molar-refractivity contribution in [1.82, 2.24) is 10.6 Å². The van der Waals surface area contributed by atoms with Crippen LogP contribution in [0, 0.1) is 13.8 Å². The highest BCUT2D eigenvalue weighted by molar-refractivity contribution is 5.84. The maximum absolute atomic E-state index is 12.1. The first-order valence-corrected chi connectivity index (χ1v) is 9.00. The number of carbonyl (C=O) groups is 2. The lowest BCUT2D eigenvalue weighted by molar-refractivity contribution is -0.120. The summed E-state index contributed by atoms with van der Waals surface area (Å²) in [5, 5.41) is 6.63. The Bertz CT molecular complexity index is 705. The predicted molar refractivity (Wildman–Crippen MR) is 105 cm³/mol. The van der Waals surface area contributed by atoms with Crippen molar-refractivity contribution in [2.24, 2.45) is 0 Å². The third kappa shape index (κ3) is 5.10. The Hall–Kier alpha value is -2.30. The number of hydrogen-bond donors (Lipinski definition) is 2. The fourth-order valence-electron chi connectivity index (χ4n) is 3.20. The zero-order chi connectivity index (χ0) is 19.1. The van der Waals surface area contributed by atoms with E-state index in [2.05, 4.69) is 10.6 Å². The topological polar surface area (TPSA) is 58.2 Å². The minimum Gasteiger partial charge on any atom is -0.303 e. The van der Waals surface area contributed by atoms with E-state index in [1.54, 1.807) is 13.8 Å². The number of aryl methyl sites for hydroxylation is 2. The molecule has 0 saturated heterocycles. The van der Waals surface area contributed by atoms with Gasteiger partial charge in [-0.3, -0.25) is 9.59 Å². The molecule has 0 aliphatic carbocycles. The lowest BCUT2D eigenvalue weighted by Crippen LogP contribution is -2.37. The second kappa shape index (κ2) is 9.41. The van der Waals surface area contributed by atoms with Crippen LogP contribution in [0.15, 0.2) is 48.5 Å². The quantitative estimate of drug-likeness (QED) is 0.679. The molecule has 0 radical (unpaired) electrons. The van der Waals surface area contributed by atoms with Gasteiger partial charge in [0, 0.05) is 13.1 Å². The van der Waals surface area contributed by atoms with Crippen LogP contribution < -0.4 is 10.6 Å². The molecule has 4 nitrogen and oxygen atoms in total. The van der Waals surface area contributed by atoms with Crippen molar-refractivity contribution in [2.45, 2.75) is 39.8 Å². The normalized spacial score (nSPS) is 13.2. The highest BCUT2D eigenvalue weighted by Gasteiger charge is 2.19. The van der Waals surface area contributed by atoms with Gasteiger partial charge >= 0.3 is 0 Å². The van der Waals surface area contributed by atoms with Gasteiger partial charge in [-0.25, -0.2) is 0 Å². The van der Waals surface area contributed by atoms with Gasteiger partial charge in [0.25, 0.3) is 0 Å². The molecule has 0 spiro atoms. The Morgan fingerprint density at radius 2 is 1.08 bits per heavy atom. The highest BCUT2D eigenvalue weighted by atomic mass is 16.1. The second-order valence-electron chi connectivity index (χ2n) is 6.71. The van der Waals surface area contributed by atoms with E-state index in [1.165, 1.54) is 0 Å². The van der Waals surface area contributed by atoms with Gasteiger partial charge in [0.2, 0.25) is 0 Å². The molecule has 26 heavy (non-hydrogen) atoms. The number of Topliss-reactive ketones (excluding diaryl/α,β-unsaturated/α-hetero) is 2. The van der Waals surface area contributed by atoms with Crippen molar-refractivity contribution in [1.29, 1.82) is 0 Å². The summed E-state index contributed by atoms with van der Waals surface area (Å²) in [6, 6.07) is 15.2. The molecule has 2 unspecified atom stereocenters. The Kier molecular flexibility index (Phi) is 7.25. The molecule has 2 aromatic carbocycles. The molecule has 0 fully saturated rings. The van der Waals surface area contributed by atoms with Gasteiger partial charge in [-0.15, -0.1) is 0 Å². The van der Waals surface area contributed by atoms with E-state index < -0.39 is 0 Å². The molecule has 0 bridgehead atoms. The molecule has 2 aromatic rings. The average molecular weight is 352 g/mol. The molecule has 0 aliphatic heterocycles. The summed E-state index contributed by atoms with van der Waals surface area (Å²) < 4.78 is 0. The van der Waals surface area contributed by atoms with Crippen LogP contribution in [-0.2, 0) is 9.59 Å². The van der Waals surface area contributed by atoms with Crippen LogP contribution in [0.4, 0.5) is 0 Å². The van der Waals surface area contributed by atoms with Gasteiger partial charge in [0.15, 0.2) is 11.6 Å². The van der Waals surface area contributed by atoms with Crippen LogP contribution in [-0.4, -0.2) is 24.7 Å². The zero-order valence-electron chi connectivity index (χ0n) is 16.0. The number of carbonyl (C=O) groups excluding carboxylic acids is 2. The summed E-state index contributed by atoms with van der Waals surface area (Å²) in [6.07, 6.45) is 0. The van der Waals surface area contributed by atoms with Gasteiger partial charge in [0.05, 0.1) is 12.1 Å². The molecule has 2 N–H and O–H groups in total. The minimum atomic E-state index is -0.327. The van der Waals surface area contributed by atoms with Crippen molar-refractivity contribution in [3.05, 3.63) is 70.8 Å². The first-order chi connectivity index (χ1) is 12.4. The molecular formula is C22H28N2O2. The van der Waals surface area contributed by atoms with E-state index in [4.69, 9.17) is 0 Å². The molecule has 4 heteroatoms. The summed E-state index contributed by atoms with van der Waals surface area (Å²) in [5.41, 5.74) is 4.19. The highest BCUT2D eigenvalue weighted by Crippen LogP contribution is 2.19. The Balaban J connectivity index is 1.99. The minimum absolute atomic E-state index is 0.0846. The molecule has 0 amide bonds. The van der Waals surface area contributed by atoms with Crippen LogP contribution in [0.2, 0.25) is 0 Å². The Morgan fingerprint density at radius 1 is 0.731 bits per heavy atom. The van der Waals surface area contributed by atoms with E-state index >= 15 is 0 Å². The number of benzene rings is 2. The van der Waals surface area contributed by atoms with Crippen LogP contribution in [0.25, 0.3) is 0 Å². The molecule has 2 rings (SSSR count). The molecular weight excluding hydrogens is 324 g/mol. The summed E-state index contributed by atoms with van der Waals surface area (Å²) in [5.74, 6) is 0.169. The van der Waals surface area contributed by atoms with E-state index in [0.717, 1.165) is 22.3 Å². The maximum Gasteiger partial charge on any atom is 0.151 e. The van der Waals surface area contributed by atoms with Crippen LogP contribution >= 0.6 is 0 Å². The van der Waals surface area contributed by atoms with Crippen molar-refractivity contribution in [3.63, 3.8) is 0 Å². The number of ketones is 2. The van der Waals surface area contributed by atoms with E-state index in [1.807, 2.05) is 62.4 Å². The maximum atomic E-state index is 12.1. The van der Waals surface area contributed by atoms with E-state index in [9.17, 15) is 9.59 Å². The second-order valence-corrected chi connectivity index (χ2v) is 6.71. The third-order valence-electron chi connectivity index (χ3n) is 4.63. The monoisotopic (exact) mass is 352 g/mol. The smallest absolute Gasteiger partial charge is 0.151 e. The first kappa shape index (κ1) is 20.0. The summed E-state index contributed by atoms with van der Waals surface area (Å²) in [4.78, 5) is 24.1. The molecule has 0 saturated carbocycles. The van der Waals surface area contributed by atoms with Crippen LogP contribution in [0.3, 0.4) is 0 Å². The van der Waals surface area contributed by atoms with Crippen LogP contribution in [0.5, 0.6) is 0 Å². The van der Waals surface area contributed by atoms with Crippen molar-refractivity contribution < 1.29 is 9.59 Å². The van der Waals surface area contributed by atoms with Gasteiger partial charge < -0.3 is 10.6 Å². The summed E-state index contributed by atoms with van der Waals surface area (Å²) in [6.45, 7) is 8.40. The number of rotatable bonds is 9. The molecule has 2 atom stereocenters. The standard InChI is InChI=1S/C22H28N2O2/c1-15-9-5-7-11-19(15)21(17(3)25)23-13-14-24-22(18(4)26)20-12-8-6-10-16(20)2/h5-12,21-24H,13-14H2,1-4H3. The Morgan fingerprint density at radius 3 is 1.38 bits per heavy atom. The van der Waals surface area contributed by atoms with E-state index in [-0.39, 0.29) is 23.7 Å². The summed E-state index contributed by atoms with van der Waals surface area (Å²) in [7, 11) is 0. The fourth-order valence-corrected chi connectivity index (χ4v) is 3.20. The largest absolute Gasteiger partial charge is 0.303 e. The third-order valence-corrected chi connectivity index (χ3v) is 4.63. The number of hydrogen-bond acceptors (Lipinski definition) is 4.